The van der Waals surface area contributed by atoms with E-state index in [1.807, 2.05) is 50.5 Å². The molecule has 3 aromatic rings. The zero-order chi connectivity index (χ0) is 16.3. The standard InChI is InChI=1S/C19H20N3O/c1-22(2,21-20-17-12-6-7-14-19(17)23-3)18-13-8-10-15-9-4-5-11-16(15)18/h4-14H,1-3H3/q+1. The van der Waals surface area contributed by atoms with Gasteiger partial charge in [-0.15, -0.1) is 0 Å². The monoisotopic (exact) mass is 306 g/mol. The highest BCUT2D eigenvalue weighted by molar-refractivity contribution is 5.93. The molecular formula is C19H20N3O+. The molecule has 0 heterocycles. The summed E-state index contributed by atoms with van der Waals surface area (Å²) in [5, 5.41) is 11.3. The van der Waals surface area contributed by atoms with E-state index in [2.05, 4.69) is 40.7 Å². The summed E-state index contributed by atoms with van der Waals surface area (Å²) in [5.41, 5.74) is 1.82. The van der Waals surface area contributed by atoms with E-state index in [1.54, 1.807) is 7.11 Å². The molecule has 0 bridgehead atoms. The third-order valence-corrected chi connectivity index (χ3v) is 3.82. The number of hydrogen-bond acceptors (Lipinski definition) is 3. The molecule has 0 spiro atoms. The van der Waals surface area contributed by atoms with Gasteiger partial charge in [-0.2, -0.15) is 4.59 Å². The van der Waals surface area contributed by atoms with Crippen LogP contribution in [0.3, 0.4) is 0 Å². The van der Waals surface area contributed by atoms with Gasteiger partial charge in [-0.05, 0) is 23.6 Å². The lowest BCUT2D eigenvalue weighted by Gasteiger charge is -2.21. The molecule has 0 unspecified atom stereocenters. The van der Waals surface area contributed by atoms with Gasteiger partial charge >= 0.3 is 0 Å². The van der Waals surface area contributed by atoms with E-state index >= 15 is 0 Å². The Morgan fingerprint density at radius 2 is 1.52 bits per heavy atom. The highest BCUT2D eigenvalue weighted by Gasteiger charge is 2.22. The van der Waals surface area contributed by atoms with Crippen molar-refractivity contribution < 1.29 is 4.74 Å². The van der Waals surface area contributed by atoms with E-state index < -0.39 is 0 Å². The first kappa shape index (κ1) is 15.2. The predicted octanol–water partition coefficient (Wildman–Crippen LogP) is 5.11. The highest BCUT2D eigenvalue weighted by Crippen LogP contribution is 2.32. The summed E-state index contributed by atoms with van der Waals surface area (Å²) < 4.78 is 5.63. The number of nitrogens with zero attached hydrogens (tertiary/aromatic N) is 3. The van der Waals surface area contributed by atoms with Gasteiger partial charge in [0.05, 0.1) is 21.2 Å². The molecule has 0 aliphatic carbocycles. The molecule has 0 N–H and O–H groups in total. The normalized spacial score (nSPS) is 12.0. The largest absolute Gasteiger partial charge is 0.494 e. The average molecular weight is 306 g/mol. The number of para-hydroxylation sites is 1. The van der Waals surface area contributed by atoms with Crippen molar-refractivity contribution in [3.05, 3.63) is 66.7 Å². The molecule has 0 atom stereocenters. The second-order valence-electron chi connectivity index (χ2n) is 5.75. The molecule has 0 aliphatic heterocycles. The predicted molar refractivity (Wildman–Crippen MR) is 95.1 cm³/mol. The van der Waals surface area contributed by atoms with Gasteiger partial charge in [0.1, 0.15) is 11.4 Å². The average Bonchev–Trinajstić information content (AvgIpc) is 2.59. The maximum absolute atomic E-state index is 5.33. The molecule has 4 heteroatoms. The number of ether oxygens (including phenoxy) is 1. The Morgan fingerprint density at radius 3 is 2.35 bits per heavy atom. The Kier molecular flexibility index (Phi) is 4.08. The van der Waals surface area contributed by atoms with Crippen LogP contribution in [0.25, 0.3) is 10.8 Å². The summed E-state index contributed by atoms with van der Waals surface area (Å²) in [5.74, 6) is 0.717. The fourth-order valence-corrected chi connectivity index (χ4v) is 2.61. The minimum absolute atomic E-state index is 0.305. The van der Waals surface area contributed by atoms with Crippen LogP contribution >= 0.6 is 0 Å². The molecule has 0 fully saturated rings. The van der Waals surface area contributed by atoms with Gasteiger partial charge in [-0.1, -0.05) is 47.6 Å². The third kappa shape index (κ3) is 3.07. The molecule has 3 rings (SSSR count). The van der Waals surface area contributed by atoms with Crippen molar-refractivity contribution in [3.63, 3.8) is 0 Å². The first-order chi connectivity index (χ1) is 11.1. The Labute approximate surface area is 136 Å². The van der Waals surface area contributed by atoms with Crippen molar-refractivity contribution in [1.82, 2.24) is 4.59 Å². The summed E-state index contributed by atoms with van der Waals surface area (Å²) >= 11 is 0. The van der Waals surface area contributed by atoms with Crippen LogP contribution in [0.15, 0.2) is 77.1 Å². The molecule has 0 radical (unpaired) electrons. The smallest absolute Gasteiger partial charge is 0.168 e. The van der Waals surface area contributed by atoms with Crippen LogP contribution in [0, 0.1) is 0 Å². The van der Waals surface area contributed by atoms with Crippen LogP contribution < -0.4 is 9.33 Å². The van der Waals surface area contributed by atoms with Gasteiger partial charge < -0.3 is 4.74 Å². The number of rotatable bonds is 4. The molecule has 116 valence electrons. The lowest BCUT2D eigenvalue weighted by Crippen LogP contribution is -2.33. The van der Waals surface area contributed by atoms with Crippen molar-refractivity contribution in [1.29, 1.82) is 0 Å². The molecule has 0 aliphatic rings. The number of hydrogen-bond donors (Lipinski definition) is 0. The van der Waals surface area contributed by atoms with E-state index in [0.717, 1.165) is 11.4 Å². The minimum atomic E-state index is 0.305. The van der Waals surface area contributed by atoms with Crippen molar-refractivity contribution in [3.8, 4) is 5.75 Å². The summed E-state index contributed by atoms with van der Waals surface area (Å²) in [6.45, 7) is 0. The number of quaternary nitrogens is 1. The van der Waals surface area contributed by atoms with E-state index in [9.17, 15) is 0 Å². The van der Waals surface area contributed by atoms with Gasteiger partial charge in [0.15, 0.2) is 5.69 Å². The Balaban J connectivity index is 2.02. The van der Waals surface area contributed by atoms with Crippen LogP contribution in [0.5, 0.6) is 5.75 Å². The van der Waals surface area contributed by atoms with Crippen molar-refractivity contribution in [2.45, 2.75) is 0 Å². The number of methoxy groups -OCH3 is 1. The summed E-state index contributed by atoms with van der Waals surface area (Å²) in [6.07, 6.45) is 0. The summed E-state index contributed by atoms with van der Waals surface area (Å²) in [6, 6.07) is 22.2. The van der Waals surface area contributed by atoms with Crippen LogP contribution in [0.1, 0.15) is 0 Å². The van der Waals surface area contributed by atoms with Crippen LogP contribution in [-0.4, -0.2) is 21.2 Å². The molecule has 0 amide bonds. The van der Waals surface area contributed by atoms with E-state index in [4.69, 9.17) is 4.74 Å². The Bertz CT molecular complexity index is 851. The van der Waals surface area contributed by atoms with Crippen LogP contribution in [0.2, 0.25) is 0 Å². The van der Waals surface area contributed by atoms with Crippen LogP contribution in [0.4, 0.5) is 11.4 Å². The van der Waals surface area contributed by atoms with Gasteiger partial charge in [-0.3, -0.25) is 0 Å². The minimum Gasteiger partial charge on any atom is -0.494 e. The van der Waals surface area contributed by atoms with E-state index in [-0.39, 0.29) is 0 Å². The van der Waals surface area contributed by atoms with Gasteiger partial charge in [0, 0.05) is 16.7 Å². The Morgan fingerprint density at radius 1 is 0.826 bits per heavy atom. The topological polar surface area (TPSA) is 34.0 Å². The number of fused-ring (bicyclic) bond motifs is 1. The maximum atomic E-state index is 5.33. The zero-order valence-electron chi connectivity index (χ0n) is 13.6. The molecule has 0 saturated heterocycles. The lowest BCUT2D eigenvalue weighted by atomic mass is 10.1. The highest BCUT2D eigenvalue weighted by atomic mass is 16.5. The van der Waals surface area contributed by atoms with E-state index in [1.165, 1.54) is 10.8 Å². The molecule has 0 aromatic heterocycles. The molecular weight excluding hydrogens is 286 g/mol. The molecule has 23 heavy (non-hydrogen) atoms. The van der Waals surface area contributed by atoms with Crippen molar-refractivity contribution >= 4 is 22.1 Å². The van der Waals surface area contributed by atoms with Crippen molar-refractivity contribution in [2.24, 2.45) is 10.3 Å². The summed E-state index contributed by atoms with van der Waals surface area (Å²) in [7, 11) is 5.67. The lowest BCUT2D eigenvalue weighted by molar-refractivity contribution is 0.394. The van der Waals surface area contributed by atoms with Crippen molar-refractivity contribution in [2.75, 3.05) is 21.2 Å². The fraction of sp³-hybridized carbons (Fsp3) is 0.158. The Hall–Kier alpha value is -2.72. The molecule has 4 nitrogen and oxygen atoms in total. The second kappa shape index (κ2) is 6.18. The van der Waals surface area contributed by atoms with Gasteiger partial charge in [0.2, 0.25) is 0 Å². The van der Waals surface area contributed by atoms with Gasteiger partial charge in [0.25, 0.3) is 0 Å². The fourth-order valence-electron chi connectivity index (χ4n) is 2.61. The van der Waals surface area contributed by atoms with Crippen LogP contribution in [-0.2, 0) is 0 Å². The molecule has 3 aromatic carbocycles. The van der Waals surface area contributed by atoms with Gasteiger partial charge in [-0.25, -0.2) is 0 Å². The maximum Gasteiger partial charge on any atom is 0.168 e. The first-order valence-corrected chi connectivity index (χ1v) is 7.50. The first-order valence-electron chi connectivity index (χ1n) is 7.50. The molecule has 0 saturated carbocycles. The number of benzene rings is 3. The SMILES string of the molecule is COc1ccccc1N=N[N+](C)(C)c1cccc2ccccc12. The van der Waals surface area contributed by atoms with E-state index in [0.29, 0.717) is 10.3 Å². The summed E-state index contributed by atoms with van der Waals surface area (Å²) in [4.78, 5) is 0. The zero-order valence-corrected chi connectivity index (χ0v) is 13.6. The third-order valence-electron chi connectivity index (χ3n) is 3.82. The quantitative estimate of drug-likeness (QED) is 0.374. The second-order valence-corrected chi connectivity index (χ2v) is 5.75.